The second-order valence-electron chi connectivity index (χ2n) is 11.0. The van der Waals surface area contributed by atoms with Gasteiger partial charge in [0.2, 0.25) is 5.95 Å². The van der Waals surface area contributed by atoms with Crippen molar-refractivity contribution >= 4 is 33.7 Å². The molecule has 1 saturated heterocycles. The normalized spacial score (nSPS) is 16.9. The number of para-hydroxylation sites is 1. The number of benzene rings is 2. The third kappa shape index (κ3) is 6.16. The van der Waals surface area contributed by atoms with E-state index in [0.29, 0.717) is 24.8 Å². The van der Waals surface area contributed by atoms with E-state index in [9.17, 15) is 5.11 Å². The first-order valence-electron chi connectivity index (χ1n) is 14.5. The maximum Gasteiger partial charge on any atom is 0.222 e. The van der Waals surface area contributed by atoms with Crippen LogP contribution >= 0.6 is 0 Å². The summed E-state index contributed by atoms with van der Waals surface area (Å²) < 4.78 is 8.09. The zero-order valence-electron chi connectivity index (χ0n) is 24.0. The summed E-state index contributed by atoms with van der Waals surface area (Å²) in [5, 5.41) is 18.1. The molecule has 4 aromatic rings. The number of fused-ring (bicyclic) bond motifs is 3. The summed E-state index contributed by atoms with van der Waals surface area (Å²) in [5.41, 5.74) is 11.3. The van der Waals surface area contributed by atoms with Gasteiger partial charge in [0.25, 0.3) is 0 Å². The molecule has 40 heavy (non-hydrogen) atoms. The molecule has 5 rings (SSSR count). The number of nitrogens with one attached hydrogen (secondary N) is 2. The summed E-state index contributed by atoms with van der Waals surface area (Å²) in [4.78, 5) is 11.7. The Labute approximate surface area is 236 Å². The molecule has 2 atom stereocenters. The Morgan fingerprint density at radius 1 is 1.18 bits per heavy atom. The SMILES string of the molecule is CCC[C@@H](CCO)Nc1nc(N)nc2c3ccccc3n(Cc3cc(CNC4CCCN(C)C4)ccc3OC)c12. The minimum Gasteiger partial charge on any atom is -0.496 e. The van der Waals surface area contributed by atoms with Gasteiger partial charge < -0.3 is 35.7 Å². The minimum atomic E-state index is 0.0849. The fraction of sp³-hybridized carbons (Fsp3) is 0.484. The van der Waals surface area contributed by atoms with Crippen molar-refractivity contribution in [3.05, 3.63) is 53.6 Å². The van der Waals surface area contributed by atoms with Crippen LogP contribution in [0.3, 0.4) is 0 Å². The lowest BCUT2D eigenvalue weighted by Gasteiger charge is -2.30. The molecule has 0 aliphatic carbocycles. The van der Waals surface area contributed by atoms with Crippen molar-refractivity contribution in [3.8, 4) is 5.75 Å². The summed E-state index contributed by atoms with van der Waals surface area (Å²) >= 11 is 0. The van der Waals surface area contributed by atoms with Crippen LogP contribution in [-0.2, 0) is 13.1 Å². The smallest absolute Gasteiger partial charge is 0.222 e. The van der Waals surface area contributed by atoms with Gasteiger partial charge in [-0.1, -0.05) is 37.6 Å². The molecule has 0 amide bonds. The summed E-state index contributed by atoms with van der Waals surface area (Å²) in [6, 6.07) is 15.3. The van der Waals surface area contributed by atoms with Crippen LogP contribution < -0.4 is 21.1 Å². The zero-order valence-corrected chi connectivity index (χ0v) is 24.0. The van der Waals surface area contributed by atoms with Crippen molar-refractivity contribution < 1.29 is 9.84 Å². The van der Waals surface area contributed by atoms with Gasteiger partial charge in [0.15, 0.2) is 5.82 Å². The van der Waals surface area contributed by atoms with Crippen molar-refractivity contribution in [2.45, 2.75) is 64.2 Å². The Bertz CT molecular complexity index is 1430. The molecule has 0 saturated carbocycles. The van der Waals surface area contributed by atoms with E-state index >= 15 is 0 Å². The number of anilines is 2. The Hall–Kier alpha value is -3.40. The third-order valence-electron chi connectivity index (χ3n) is 7.97. The van der Waals surface area contributed by atoms with Crippen LogP contribution in [0.2, 0.25) is 0 Å². The molecular formula is C31H43N7O2. The molecule has 2 aromatic carbocycles. The number of hydrogen-bond donors (Lipinski definition) is 4. The quantitative estimate of drug-likeness (QED) is 0.208. The Balaban J connectivity index is 1.54. The second-order valence-corrected chi connectivity index (χ2v) is 11.0. The van der Waals surface area contributed by atoms with Crippen molar-refractivity contribution in [3.63, 3.8) is 0 Å². The van der Waals surface area contributed by atoms with E-state index < -0.39 is 0 Å². The maximum atomic E-state index is 9.67. The lowest BCUT2D eigenvalue weighted by molar-refractivity contribution is 0.226. The molecule has 9 nitrogen and oxygen atoms in total. The molecule has 9 heteroatoms. The number of piperidine rings is 1. The number of nitrogens with two attached hydrogens (primary N) is 1. The molecular weight excluding hydrogens is 502 g/mol. The van der Waals surface area contributed by atoms with Gasteiger partial charge >= 0.3 is 0 Å². The number of nitrogen functional groups attached to an aromatic ring is 1. The van der Waals surface area contributed by atoms with Gasteiger partial charge in [-0.15, -0.1) is 0 Å². The Kier molecular flexibility index (Phi) is 9.04. The molecule has 1 aliphatic rings. The number of methoxy groups -OCH3 is 1. The molecule has 1 fully saturated rings. The van der Waals surface area contributed by atoms with Crippen LogP contribution in [0, 0.1) is 0 Å². The van der Waals surface area contributed by atoms with Gasteiger partial charge in [0, 0.05) is 42.7 Å². The van der Waals surface area contributed by atoms with E-state index in [1.807, 2.05) is 12.1 Å². The van der Waals surface area contributed by atoms with Crippen molar-refractivity contribution in [2.24, 2.45) is 0 Å². The number of aromatic nitrogens is 3. The Morgan fingerprint density at radius 3 is 2.80 bits per heavy atom. The van der Waals surface area contributed by atoms with Gasteiger partial charge in [-0.3, -0.25) is 0 Å². The third-order valence-corrected chi connectivity index (χ3v) is 7.97. The van der Waals surface area contributed by atoms with Crippen LogP contribution in [0.15, 0.2) is 42.5 Å². The predicted molar refractivity (Wildman–Crippen MR) is 163 cm³/mol. The largest absolute Gasteiger partial charge is 0.496 e. The zero-order chi connectivity index (χ0) is 28.1. The molecule has 1 aliphatic heterocycles. The van der Waals surface area contributed by atoms with Crippen molar-refractivity contribution in [1.82, 2.24) is 24.8 Å². The first kappa shape index (κ1) is 28.1. The van der Waals surface area contributed by atoms with E-state index in [0.717, 1.165) is 59.2 Å². The fourth-order valence-electron chi connectivity index (χ4n) is 6.03. The monoisotopic (exact) mass is 545 g/mol. The van der Waals surface area contributed by atoms with E-state index in [-0.39, 0.29) is 18.6 Å². The van der Waals surface area contributed by atoms with Crippen LogP contribution in [0.5, 0.6) is 5.75 Å². The minimum absolute atomic E-state index is 0.0849. The number of rotatable bonds is 12. The molecule has 3 heterocycles. The second kappa shape index (κ2) is 12.8. The first-order valence-corrected chi connectivity index (χ1v) is 14.5. The number of aliphatic hydroxyl groups excluding tert-OH is 1. The standard InChI is InChI=1S/C31H43N7O2/c1-4-8-23(14-16-39)34-30-29-28(35-31(32)36-30)25-10-5-6-11-26(25)38(29)19-22-17-21(12-13-27(22)40-3)18-33-24-9-7-15-37(2)20-24/h5-6,10-13,17,23-24,33,39H,4,7-9,14-16,18-20H2,1-3H3,(H3,32,34,35,36)/t23-,24?/m0/s1. The summed E-state index contributed by atoms with van der Waals surface area (Å²) in [6.45, 7) is 5.92. The van der Waals surface area contributed by atoms with E-state index in [1.54, 1.807) is 7.11 Å². The number of nitrogens with zero attached hydrogens (tertiary/aromatic N) is 4. The highest BCUT2D eigenvalue weighted by atomic mass is 16.5. The van der Waals surface area contributed by atoms with Crippen molar-refractivity contribution in [1.29, 1.82) is 0 Å². The van der Waals surface area contributed by atoms with E-state index in [4.69, 9.17) is 10.5 Å². The maximum absolute atomic E-state index is 9.67. The average Bonchev–Trinajstić information content (AvgIpc) is 3.25. The predicted octanol–water partition coefficient (Wildman–Crippen LogP) is 4.37. The van der Waals surface area contributed by atoms with Crippen LogP contribution in [-0.4, -0.2) is 70.5 Å². The number of likely N-dealkylation sites (tertiary alicyclic amines) is 1. The molecule has 2 aromatic heterocycles. The van der Waals surface area contributed by atoms with E-state index in [1.165, 1.54) is 24.9 Å². The molecule has 1 unspecified atom stereocenters. The van der Waals surface area contributed by atoms with Gasteiger partial charge in [0.05, 0.1) is 19.2 Å². The number of ether oxygens (including phenoxy) is 1. The highest BCUT2D eigenvalue weighted by Gasteiger charge is 2.21. The highest BCUT2D eigenvalue weighted by molar-refractivity contribution is 6.09. The molecule has 0 spiro atoms. The molecule has 5 N–H and O–H groups in total. The number of likely N-dealkylation sites (N-methyl/N-ethyl adjacent to an activating group) is 1. The Morgan fingerprint density at radius 2 is 2.02 bits per heavy atom. The summed E-state index contributed by atoms with van der Waals surface area (Å²) in [6.07, 6.45) is 5.00. The van der Waals surface area contributed by atoms with Gasteiger partial charge in [-0.05, 0) is 63.0 Å². The molecule has 214 valence electrons. The van der Waals surface area contributed by atoms with E-state index in [2.05, 4.69) is 74.4 Å². The lowest BCUT2D eigenvalue weighted by atomic mass is 10.0. The lowest BCUT2D eigenvalue weighted by Crippen LogP contribution is -2.43. The topological polar surface area (TPSA) is 113 Å². The number of aliphatic hydroxyl groups is 1. The van der Waals surface area contributed by atoms with Gasteiger partial charge in [0.1, 0.15) is 16.8 Å². The highest BCUT2D eigenvalue weighted by Crippen LogP contribution is 2.34. The molecule has 0 bridgehead atoms. The summed E-state index contributed by atoms with van der Waals surface area (Å²) in [7, 11) is 3.92. The van der Waals surface area contributed by atoms with Gasteiger partial charge in [-0.2, -0.15) is 4.98 Å². The average molecular weight is 546 g/mol. The van der Waals surface area contributed by atoms with Gasteiger partial charge in [-0.25, -0.2) is 4.98 Å². The summed E-state index contributed by atoms with van der Waals surface area (Å²) in [5.74, 6) is 1.78. The van der Waals surface area contributed by atoms with Crippen LogP contribution in [0.25, 0.3) is 21.9 Å². The fourth-order valence-corrected chi connectivity index (χ4v) is 6.03. The van der Waals surface area contributed by atoms with Crippen LogP contribution in [0.1, 0.15) is 50.2 Å². The number of hydrogen-bond acceptors (Lipinski definition) is 8. The first-order chi connectivity index (χ1) is 19.5. The van der Waals surface area contributed by atoms with Crippen LogP contribution in [0.4, 0.5) is 11.8 Å². The molecule has 0 radical (unpaired) electrons. The van der Waals surface area contributed by atoms with Crippen molar-refractivity contribution in [2.75, 3.05) is 44.9 Å².